The molecular formula is C28H28N2O5. The number of likely N-dealkylation sites (tertiary alicyclic amines) is 1. The lowest BCUT2D eigenvalue weighted by molar-refractivity contribution is -0.194. The summed E-state index contributed by atoms with van der Waals surface area (Å²) in [5.41, 5.74) is 1.69. The number of rotatable bonds is 3. The van der Waals surface area contributed by atoms with Gasteiger partial charge in [-0.2, -0.15) is 0 Å². The number of phenols is 1. The summed E-state index contributed by atoms with van der Waals surface area (Å²) in [5.74, 6) is -0.156. The number of amides is 2. The monoisotopic (exact) mass is 472 g/mol. The third-order valence-corrected chi connectivity index (χ3v) is 9.39. The van der Waals surface area contributed by atoms with Crippen molar-refractivity contribution in [2.45, 2.75) is 61.8 Å². The van der Waals surface area contributed by atoms with Crippen LogP contribution in [-0.4, -0.2) is 68.7 Å². The van der Waals surface area contributed by atoms with Crippen LogP contribution in [0, 0.1) is 6.92 Å². The Kier molecular flexibility index (Phi) is 4.07. The van der Waals surface area contributed by atoms with Crippen LogP contribution in [0.3, 0.4) is 0 Å². The van der Waals surface area contributed by atoms with E-state index < -0.39 is 23.2 Å². The topological polar surface area (TPSA) is 90.3 Å². The molecule has 1 saturated carbocycles. The summed E-state index contributed by atoms with van der Waals surface area (Å²) in [6.07, 6.45) is 3.39. The number of imide groups is 1. The molecule has 0 radical (unpaired) electrons. The van der Waals surface area contributed by atoms with E-state index in [1.54, 1.807) is 18.2 Å². The number of phenolic OH excluding ortho intramolecular Hbond substituents is 1. The number of carbonyl (C=O) groups excluding carboxylic acids is 2. The lowest BCUT2D eigenvalue weighted by atomic mass is 9.48. The predicted octanol–water partition coefficient (Wildman–Crippen LogP) is 2.71. The number of nitrogens with zero attached hydrogens (tertiary/aromatic N) is 2. The van der Waals surface area contributed by atoms with Crippen LogP contribution in [0.4, 0.5) is 0 Å². The van der Waals surface area contributed by atoms with E-state index in [-0.39, 0.29) is 23.6 Å². The van der Waals surface area contributed by atoms with E-state index in [2.05, 4.69) is 11.5 Å². The van der Waals surface area contributed by atoms with E-state index in [9.17, 15) is 19.8 Å². The van der Waals surface area contributed by atoms with E-state index in [1.807, 2.05) is 25.1 Å². The number of benzene rings is 2. The van der Waals surface area contributed by atoms with Gasteiger partial charge in [0.15, 0.2) is 11.5 Å². The number of fused-ring (bicyclic) bond motifs is 1. The fourth-order valence-electron chi connectivity index (χ4n) is 8.03. The van der Waals surface area contributed by atoms with Gasteiger partial charge in [-0.1, -0.05) is 24.3 Å². The summed E-state index contributed by atoms with van der Waals surface area (Å²) < 4.78 is 6.53. The van der Waals surface area contributed by atoms with Crippen LogP contribution in [0.15, 0.2) is 43.0 Å². The zero-order valence-corrected chi connectivity index (χ0v) is 19.7. The van der Waals surface area contributed by atoms with Crippen LogP contribution in [-0.2, 0) is 11.8 Å². The van der Waals surface area contributed by atoms with Crippen LogP contribution in [0.25, 0.3) is 0 Å². The van der Waals surface area contributed by atoms with Gasteiger partial charge in [0.1, 0.15) is 6.10 Å². The molecule has 7 rings (SSSR count). The maximum absolute atomic E-state index is 13.6. The number of aliphatic hydroxyl groups is 1. The lowest BCUT2D eigenvalue weighted by Crippen LogP contribution is -2.78. The standard InChI is InChI=1S/C28H28N2O5/c1-3-12-29-13-11-27-22-16-7-8-19(31)23(22)35-24(27)18(9-10-28(27,34)20(29)14-16)30-25(32)17-6-4-5-15(2)21(17)26(30)33/h3-8,18,20,24,31,34H,1,9-14H2,2H3/t18-,20+,24-,27-,28+/m0/s1. The Bertz CT molecular complexity index is 1340. The molecule has 0 unspecified atom stereocenters. The van der Waals surface area contributed by atoms with Gasteiger partial charge in [0.05, 0.1) is 28.2 Å². The molecule has 2 aromatic rings. The predicted molar refractivity (Wildman–Crippen MR) is 128 cm³/mol. The summed E-state index contributed by atoms with van der Waals surface area (Å²) in [6.45, 7) is 7.17. The number of piperidine rings is 1. The molecule has 35 heavy (non-hydrogen) atoms. The highest BCUT2D eigenvalue weighted by atomic mass is 16.5. The maximum Gasteiger partial charge on any atom is 0.262 e. The number of carbonyl (C=O) groups is 2. The van der Waals surface area contributed by atoms with Gasteiger partial charge in [-0.15, -0.1) is 6.58 Å². The van der Waals surface area contributed by atoms with Crippen molar-refractivity contribution < 1.29 is 24.5 Å². The van der Waals surface area contributed by atoms with Crippen molar-refractivity contribution in [2.75, 3.05) is 13.1 Å². The SMILES string of the molecule is C=CCN1CC[C@]23c4c5ccc(O)c4O[C@H]2[C@@H](N2C(=O)c4cccc(C)c4C2=O)CC[C@@]3(O)[C@H]1C5. The van der Waals surface area contributed by atoms with Crippen molar-refractivity contribution >= 4 is 11.8 Å². The fourth-order valence-corrected chi connectivity index (χ4v) is 8.03. The zero-order chi connectivity index (χ0) is 24.3. The molecule has 5 atom stereocenters. The highest BCUT2D eigenvalue weighted by Crippen LogP contribution is 2.66. The molecule has 2 fully saturated rings. The number of ether oxygens (including phenoxy) is 1. The van der Waals surface area contributed by atoms with E-state index in [0.717, 1.165) is 23.2 Å². The number of hydrogen-bond donors (Lipinski definition) is 2. The van der Waals surface area contributed by atoms with Gasteiger partial charge < -0.3 is 14.9 Å². The molecule has 2 N–H and O–H groups in total. The normalized spacial score (nSPS) is 34.5. The minimum atomic E-state index is -1.10. The molecule has 3 aliphatic heterocycles. The summed E-state index contributed by atoms with van der Waals surface area (Å²) in [4.78, 5) is 30.8. The molecule has 2 aromatic carbocycles. The molecular weight excluding hydrogens is 444 g/mol. The second-order valence-electron chi connectivity index (χ2n) is 10.7. The third kappa shape index (κ3) is 2.29. The Labute approximate surface area is 203 Å². The van der Waals surface area contributed by atoms with Crippen molar-refractivity contribution in [1.82, 2.24) is 9.80 Å². The van der Waals surface area contributed by atoms with Crippen LogP contribution >= 0.6 is 0 Å². The Morgan fingerprint density at radius 3 is 2.80 bits per heavy atom. The number of hydrogen-bond acceptors (Lipinski definition) is 6. The molecule has 180 valence electrons. The fraction of sp³-hybridized carbons (Fsp3) is 0.429. The van der Waals surface area contributed by atoms with Crippen molar-refractivity contribution in [3.05, 3.63) is 70.8 Å². The largest absolute Gasteiger partial charge is 0.504 e. The van der Waals surface area contributed by atoms with Gasteiger partial charge >= 0.3 is 0 Å². The van der Waals surface area contributed by atoms with Gasteiger partial charge in [0.2, 0.25) is 0 Å². The molecule has 0 aromatic heterocycles. The first-order valence-corrected chi connectivity index (χ1v) is 12.4. The molecule has 7 nitrogen and oxygen atoms in total. The maximum atomic E-state index is 13.6. The van der Waals surface area contributed by atoms with Crippen molar-refractivity contribution in [3.63, 3.8) is 0 Å². The summed E-state index contributed by atoms with van der Waals surface area (Å²) in [5, 5.41) is 23.3. The number of aromatic hydroxyl groups is 1. The summed E-state index contributed by atoms with van der Waals surface area (Å²) in [7, 11) is 0. The molecule has 2 bridgehead atoms. The highest BCUT2D eigenvalue weighted by Gasteiger charge is 2.74. The molecule has 3 heterocycles. The van der Waals surface area contributed by atoms with E-state index in [0.29, 0.717) is 49.1 Å². The van der Waals surface area contributed by atoms with E-state index >= 15 is 0 Å². The molecule has 2 aliphatic carbocycles. The Morgan fingerprint density at radius 2 is 2.03 bits per heavy atom. The lowest BCUT2D eigenvalue weighted by Gasteiger charge is -2.64. The average molecular weight is 473 g/mol. The van der Waals surface area contributed by atoms with E-state index in [1.165, 1.54) is 4.90 Å². The molecule has 1 saturated heterocycles. The van der Waals surface area contributed by atoms with Gasteiger partial charge in [-0.05, 0) is 62.4 Å². The Balaban J connectivity index is 1.40. The van der Waals surface area contributed by atoms with Crippen molar-refractivity contribution in [2.24, 2.45) is 0 Å². The Morgan fingerprint density at radius 1 is 1.20 bits per heavy atom. The molecule has 5 aliphatic rings. The van der Waals surface area contributed by atoms with Gasteiger partial charge in [-0.3, -0.25) is 19.4 Å². The Hall–Kier alpha value is -3.16. The molecule has 2 amide bonds. The first-order chi connectivity index (χ1) is 16.8. The molecule has 7 heteroatoms. The first-order valence-electron chi connectivity index (χ1n) is 12.4. The third-order valence-electron chi connectivity index (χ3n) is 9.39. The summed E-state index contributed by atoms with van der Waals surface area (Å²) >= 11 is 0. The minimum Gasteiger partial charge on any atom is -0.504 e. The van der Waals surface area contributed by atoms with Crippen molar-refractivity contribution in [1.29, 1.82) is 0 Å². The van der Waals surface area contributed by atoms with Gasteiger partial charge in [0, 0.05) is 18.2 Å². The van der Waals surface area contributed by atoms with Crippen molar-refractivity contribution in [3.8, 4) is 11.5 Å². The smallest absolute Gasteiger partial charge is 0.262 e. The van der Waals surface area contributed by atoms with Crippen LogP contribution in [0.5, 0.6) is 11.5 Å². The average Bonchev–Trinajstić information content (AvgIpc) is 3.31. The van der Waals surface area contributed by atoms with Crippen LogP contribution in [0.1, 0.15) is 56.7 Å². The highest BCUT2D eigenvalue weighted by molar-refractivity contribution is 6.22. The number of aryl methyl sites for hydroxylation is 1. The van der Waals surface area contributed by atoms with Crippen LogP contribution in [0.2, 0.25) is 0 Å². The second kappa shape index (κ2) is 6.74. The minimum absolute atomic E-state index is 0.0406. The van der Waals surface area contributed by atoms with Gasteiger partial charge in [0.25, 0.3) is 11.8 Å². The first kappa shape index (κ1) is 21.1. The zero-order valence-electron chi connectivity index (χ0n) is 19.7. The second-order valence-corrected chi connectivity index (χ2v) is 10.7. The quantitative estimate of drug-likeness (QED) is 0.528. The van der Waals surface area contributed by atoms with E-state index in [4.69, 9.17) is 4.74 Å². The summed E-state index contributed by atoms with van der Waals surface area (Å²) in [6, 6.07) is 8.27. The van der Waals surface area contributed by atoms with Gasteiger partial charge in [-0.25, -0.2) is 0 Å². The molecule has 1 spiro atoms. The van der Waals surface area contributed by atoms with Crippen LogP contribution < -0.4 is 4.74 Å².